The summed E-state index contributed by atoms with van der Waals surface area (Å²) in [5, 5.41) is 21.0. The molecular formula is C23H24N4O2. The Morgan fingerprint density at radius 2 is 2.00 bits per heavy atom. The van der Waals surface area contributed by atoms with Gasteiger partial charge < -0.3 is 5.32 Å². The van der Waals surface area contributed by atoms with E-state index in [4.69, 9.17) is 10.5 Å². The number of hydrogen-bond acceptors (Lipinski definition) is 5. The summed E-state index contributed by atoms with van der Waals surface area (Å²) in [7, 11) is 0. The van der Waals surface area contributed by atoms with Gasteiger partial charge in [-0.15, -0.1) is 0 Å². The van der Waals surface area contributed by atoms with Gasteiger partial charge in [-0.3, -0.25) is 14.9 Å². The number of hydrogen-bond donors (Lipinski definition) is 3. The number of nitrogens with one attached hydrogen (secondary N) is 2. The molecule has 0 aliphatic carbocycles. The van der Waals surface area contributed by atoms with E-state index < -0.39 is 5.91 Å². The predicted octanol–water partition coefficient (Wildman–Crippen LogP) is 3.43. The fourth-order valence-corrected chi connectivity index (χ4v) is 3.33. The van der Waals surface area contributed by atoms with Crippen LogP contribution in [0.15, 0.2) is 60.7 Å². The van der Waals surface area contributed by atoms with Crippen LogP contribution in [-0.2, 0) is 11.3 Å². The lowest BCUT2D eigenvalue weighted by atomic mass is 9.99. The van der Waals surface area contributed by atoms with E-state index in [9.17, 15) is 4.79 Å². The van der Waals surface area contributed by atoms with Gasteiger partial charge in [-0.05, 0) is 28.8 Å². The van der Waals surface area contributed by atoms with Gasteiger partial charge >= 0.3 is 0 Å². The van der Waals surface area contributed by atoms with Crippen LogP contribution in [-0.4, -0.2) is 35.6 Å². The highest BCUT2D eigenvalue weighted by Crippen LogP contribution is 2.28. The van der Waals surface area contributed by atoms with Crippen molar-refractivity contribution in [2.75, 3.05) is 25.0 Å². The fraction of sp³-hybridized carbons (Fsp3) is 0.217. The number of carbonyl (C=O) groups is 1. The lowest BCUT2D eigenvalue weighted by molar-refractivity contribution is -0.124. The molecule has 0 bridgehead atoms. The Bertz CT molecular complexity index is 942. The van der Waals surface area contributed by atoms with Gasteiger partial charge in [0.2, 0.25) is 0 Å². The van der Waals surface area contributed by atoms with Crippen molar-refractivity contribution in [2.45, 2.75) is 13.0 Å². The maximum Gasteiger partial charge on any atom is 0.267 e. The molecule has 2 aromatic rings. The molecule has 0 saturated carbocycles. The highest BCUT2D eigenvalue weighted by Gasteiger charge is 2.15. The molecule has 0 saturated heterocycles. The molecule has 148 valence electrons. The fourth-order valence-electron chi connectivity index (χ4n) is 3.33. The zero-order valence-electron chi connectivity index (χ0n) is 16.1. The molecule has 2 aromatic carbocycles. The van der Waals surface area contributed by atoms with Gasteiger partial charge in [-0.2, -0.15) is 5.26 Å². The maximum absolute atomic E-state index is 11.1. The summed E-state index contributed by atoms with van der Waals surface area (Å²) >= 11 is 0. The van der Waals surface area contributed by atoms with Crippen LogP contribution in [0.5, 0.6) is 0 Å². The Kier molecular flexibility index (Phi) is 7.17. The molecule has 3 rings (SSSR count). The Balaban J connectivity index is 1.70. The summed E-state index contributed by atoms with van der Waals surface area (Å²) in [6.45, 7) is 3.01. The van der Waals surface area contributed by atoms with E-state index in [1.54, 1.807) is 11.6 Å². The number of nitrogens with zero attached hydrogens (tertiary/aromatic N) is 2. The monoisotopic (exact) mass is 388 g/mol. The summed E-state index contributed by atoms with van der Waals surface area (Å²) in [6, 6.07) is 18.4. The molecular weight excluding hydrogens is 364 g/mol. The minimum Gasteiger partial charge on any atom is -0.381 e. The molecule has 29 heavy (non-hydrogen) atoms. The van der Waals surface area contributed by atoms with Crippen molar-refractivity contribution in [3.8, 4) is 6.07 Å². The molecule has 0 unspecified atom stereocenters. The number of carbonyl (C=O) groups excluding carboxylic acids is 1. The highest BCUT2D eigenvalue weighted by molar-refractivity contribution is 5.90. The Morgan fingerprint density at radius 1 is 1.21 bits per heavy atom. The number of amides is 1. The summed E-state index contributed by atoms with van der Waals surface area (Å²) in [6.07, 6.45) is 5.60. The van der Waals surface area contributed by atoms with Gasteiger partial charge in [0.25, 0.3) is 5.91 Å². The van der Waals surface area contributed by atoms with Crippen molar-refractivity contribution in [3.05, 3.63) is 77.4 Å². The van der Waals surface area contributed by atoms with Crippen LogP contribution >= 0.6 is 0 Å². The van der Waals surface area contributed by atoms with Crippen LogP contribution < -0.4 is 10.8 Å². The number of nitriles is 1. The molecule has 1 amide bonds. The third kappa shape index (κ3) is 5.79. The SMILES string of the molecule is N#CCCN(CC1=CCNc2ccccc21)Cc1ccc(/C=C/C(=O)NO)cc1. The second-order valence-electron chi connectivity index (χ2n) is 6.83. The minimum absolute atomic E-state index is 0.476. The number of anilines is 1. The van der Waals surface area contributed by atoms with E-state index in [2.05, 4.69) is 34.5 Å². The summed E-state index contributed by atoms with van der Waals surface area (Å²) < 4.78 is 0. The molecule has 1 aliphatic rings. The van der Waals surface area contributed by atoms with E-state index in [0.29, 0.717) is 13.0 Å². The summed E-state index contributed by atoms with van der Waals surface area (Å²) in [5.41, 5.74) is 7.20. The first kappa shape index (κ1) is 20.3. The summed E-state index contributed by atoms with van der Waals surface area (Å²) in [4.78, 5) is 13.4. The van der Waals surface area contributed by atoms with Crippen LogP contribution in [0.3, 0.4) is 0 Å². The second-order valence-corrected chi connectivity index (χ2v) is 6.83. The molecule has 0 spiro atoms. The number of para-hydroxylation sites is 1. The first-order valence-electron chi connectivity index (χ1n) is 9.52. The topological polar surface area (TPSA) is 88.4 Å². The zero-order valence-corrected chi connectivity index (χ0v) is 16.1. The molecule has 0 radical (unpaired) electrons. The van der Waals surface area contributed by atoms with Gasteiger partial charge in [0.15, 0.2) is 0 Å². The molecule has 1 heterocycles. The van der Waals surface area contributed by atoms with E-state index in [-0.39, 0.29) is 0 Å². The third-order valence-corrected chi connectivity index (χ3v) is 4.77. The summed E-state index contributed by atoms with van der Waals surface area (Å²) in [5.74, 6) is -0.563. The van der Waals surface area contributed by atoms with E-state index in [0.717, 1.165) is 36.4 Å². The van der Waals surface area contributed by atoms with Crippen molar-refractivity contribution < 1.29 is 10.0 Å². The molecule has 0 fully saturated rings. The maximum atomic E-state index is 11.1. The van der Waals surface area contributed by atoms with Crippen LogP contribution in [0, 0.1) is 11.3 Å². The van der Waals surface area contributed by atoms with Crippen molar-refractivity contribution in [1.82, 2.24) is 10.4 Å². The Morgan fingerprint density at radius 3 is 2.76 bits per heavy atom. The molecule has 0 atom stereocenters. The van der Waals surface area contributed by atoms with E-state index in [1.165, 1.54) is 17.2 Å². The minimum atomic E-state index is -0.563. The van der Waals surface area contributed by atoms with Gasteiger partial charge in [0.1, 0.15) is 0 Å². The number of benzene rings is 2. The number of fused-ring (bicyclic) bond motifs is 1. The molecule has 6 heteroatoms. The van der Waals surface area contributed by atoms with E-state index in [1.807, 2.05) is 36.4 Å². The van der Waals surface area contributed by atoms with Gasteiger partial charge in [-0.25, -0.2) is 5.48 Å². The van der Waals surface area contributed by atoms with Crippen LogP contribution in [0.4, 0.5) is 5.69 Å². The number of rotatable bonds is 8. The zero-order chi connectivity index (χ0) is 20.5. The Hall–Kier alpha value is -3.40. The quantitative estimate of drug-likeness (QED) is 0.366. The highest BCUT2D eigenvalue weighted by atomic mass is 16.5. The molecule has 0 aromatic heterocycles. The second kappa shape index (κ2) is 10.2. The van der Waals surface area contributed by atoms with Crippen molar-refractivity contribution in [2.24, 2.45) is 0 Å². The average molecular weight is 388 g/mol. The van der Waals surface area contributed by atoms with Crippen LogP contribution in [0.1, 0.15) is 23.1 Å². The first-order chi connectivity index (χ1) is 14.2. The van der Waals surface area contributed by atoms with Crippen molar-refractivity contribution in [3.63, 3.8) is 0 Å². The van der Waals surface area contributed by atoms with Gasteiger partial charge in [0, 0.05) is 49.9 Å². The molecule has 1 aliphatic heterocycles. The molecule has 3 N–H and O–H groups in total. The van der Waals surface area contributed by atoms with Crippen LogP contribution in [0.25, 0.3) is 11.6 Å². The van der Waals surface area contributed by atoms with Gasteiger partial charge in [-0.1, -0.05) is 48.5 Å². The van der Waals surface area contributed by atoms with Gasteiger partial charge in [0.05, 0.1) is 6.07 Å². The average Bonchev–Trinajstić information content (AvgIpc) is 2.77. The lowest BCUT2D eigenvalue weighted by Gasteiger charge is -2.26. The third-order valence-electron chi connectivity index (χ3n) is 4.77. The standard InChI is InChI=1S/C23H24N4O2/c24-13-3-15-27(17-20-12-14-25-22-5-2-1-4-21(20)22)16-19-8-6-18(7-9-19)10-11-23(28)26-29/h1-2,4-12,25,29H,3,14-17H2,(H,26,28)/b11-10+. The first-order valence-corrected chi connectivity index (χ1v) is 9.52. The number of hydroxylamine groups is 1. The smallest absolute Gasteiger partial charge is 0.267 e. The largest absolute Gasteiger partial charge is 0.381 e. The predicted molar refractivity (Wildman–Crippen MR) is 114 cm³/mol. The van der Waals surface area contributed by atoms with Crippen LogP contribution in [0.2, 0.25) is 0 Å². The van der Waals surface area contributed by atoms with Crippen molar-refractivity contribution in [1.29, 1.82) is 5.26 Å². The normalized spacial score (nSPS) is 12.8. The van der Waals surface area contributed by atoms with E-state index >= 15 is 0 Å². The van der Waals surface area contributed by atoms with Crippen molar-refractivity contribution >= 4 is 23.2 Å². The molecule has 6 nitrogen and oxygen atoms in total. The Labute approximate surface area is 170 Å². The lowest BCUT2D eigenvalue weighted by Crippen LogP contribution is -2.27.